The molecule has 0 amide bonds. The highest BCUT2D eigenvalue weighted by atomic mass is 79.9. The first-order valence-corrected chi connectivity index (χ1v) is 10.9. The molecule has 0 radical (unpaired) electrons. The third-order valence-electron chi connectivity index (χ3n) is 4.71. The van der Waals surface area contributed by atoms with Gasteiger partial charge in [0.1, 0.15) is 23.9 Å². The Balaban J connectivity index is 1.68. The second kappa shape index (κ2) is 11.1. The zero-order valence-electron chi connectivity index (χ0n) is 17.6. The topological polar surface area (TPSA) is 44.8 Å². The van der Waals surface area contributed by atoms with Crippen LogP contribution < -0.4 is 9.47 Å². The van der Waals surface area contributed by atoms with Gasteiger partial charge in [-0.2, -0.15) is 8.78 Å². The van der Waals surface area contributed by atoms with E-state index in [9.17, 15) is 13.6 Å². The zero-order valence-corrected chi connectivity index (χ0v) is 19.2. The number of halogens is 3. The quantitative estimate of drug-likeness (QED) is 0.286. The number of para-hydroxylation sites is 1. The molecule has 3 aromatic carbocycles. The zero-order chi connectivity index (χ0) is 23.1. The summed E-state index contributed by atoms with van der Waals surface area (Å²) in [4.78, 5) is 12.9. The standard InChI is InChI=1S/C25H23BrF2O4/c1-16(2)23(18-11-12-22(21(26)14-18)32-25(27)28)24(29)30-15-17-7-6-10-20(13-17)31-19-8-4-3-5-9-19/h3-14,16,23,25H,15H2,1-2H3. The van der Waals surface area contributed by atoms with Crippen molar-refractivity contribution in [1.82, 2.24) is 0 Å². The predicted octanol–water partition coefficient (Wildman–Crippen LogP) is 7.33. The van der Waals surface area contributed by atoms with E-state index in [1.807, 2.05) is 68.4 Å². The van der Waals surface area contributed by atoms with E-state index in [-0.39, 0.29) is 18.3 Å². The van der Waals surface area contributed by atoms with Crippen LogP contribution in [0.2, 0.25) is 0 Å². The summed E-state index contributed by atoms with van der Waals surface area (Å²) in [6.45, 7) is 0.960. The summed E-state index contributed by atoms with van der Waals surface area (Å²) in [5.41, 5.74) is 1.44. The molecule has 1 atom stereocenters. The summed E-state index contributed by atoms with van der Waals surface area (Å²) < 4.78 is 41.2. The lowest BCUT2D eigenvalue weighted by Gasteiger charge is -2.21. The Bertz CT molecular complexity index is 1040. The molecule has 0 saturated heterocycles. The van der Waals surface area contributed by atoms with Crippen LogP contribution in [0.4, 0.5) is 8.78 Å². The molecule has 0 fully saturated rings. The molecule has 0 N–H and O–H groups in total. The fourth-order valence-corrected chi connectivity index (χ4v) is 3.75. The van der Waals surface area contributed by atoms with Crippen molar-refractivity contribution in [3.05, 3.63) is 88.4 Å². The van der Waals surface area contributed by atoms with Crippen LogP contribution >= 0.6 is 15.9 Å². The Kier molecular flexibility index (Phi) is 8.22. The van der Waals surface area contributed by atoms with Crippen molar-refractivity contribution in [2.45, 2.75) is 33.0 Å². The minimum Gasteiger partial charge on any atom is -0.460 e. The van der Waals surface area contributed by atoms with Gasteiger partial charge in [-0.25, -0.2) is 0 Å². The number of ether oxygens (including phenoxy) is 3. The summed E-state index contributed by atoms with van der Waals surface area (Å²) in [6, 6.07) is 21.3. The van der Waals surface area contributed by atoms with Crippen LogP contribution in [0.15, 0.2) is 77.3 Å². The molecule has 0 heterocycles. The van der Waals surface area contributed by atoms with Crippen molar-refractivity contribution >= 4 is 21.9 Å². The van der Waals surface area contributed by atoms with Gasteiger partial charge in [-0.15, -0.1) is 0 Å². The highest BCUT2D eigenvalue weighted by Gasteiger charge is 2.27. The predicted molar refractivity (Wildman–Crippen MR) is 121 cm³/mol. The lowest BCUT2D eigenvalue weighted by Crippen LogP contribution is -2.21. The van der Waals surface area contributed by atoms with Gasteiger partial charge in [0.05, 0.1) is 10.4 Å². The maximum absolute atomic E-state index is 12.9. The van der Waals surface area contributed by atoms with E-state index in [4.69, 9.17) is 9.47 Å². The number of benzene rings is 3. The molecule has 4 nitrogen and oxygen atoms in total. The molecular weight excluding hydrogens is 482 g/mol. The number of rotatable bonds is 9. The van der Waals surface area contributed by atoms with E-state index in [1.165, 1.54) is 6.07 Å². The number of carbonyl (C=O) groups excluding carboxylic acids is 1. The van der Waals surface area contributed by atoms with E-state index in [2.05, 4.69) is 20.7 Å². The summed E-state index contributed by atoms with van der Waals surface area (Å²) in [6.07, 6.45) is 0. The van der Waals surface area contributed by atoms with E-state index in [1.54, 1.807) is 12.1 Å². The number of alkyl halides is 2. The van der Waals surface area contributed by atoms with Gasteiger partial charge in [0.25, 0.3) is 0 Å². The fourth-order valence-electron chi connectivity index (χ4n) is 3.26. The van der Waals surface area contributed by atoms with Crippen molar-refractivity contribution < 1.29 is 27.8 Å². The van der Waals surface area contributed by atoms with Crippen molar-refractivity contribution in [3.8, 4) is 17.2 Å². The van der Waals surface area contributed by atoms with E-state index in [0.717, 1.165) is 5.56 Å². The molecule has 0 aliphatic rings. The maximum atomic E-state index is 12.9. The number of hydrogen-bond acceptors (Lipinski definition) is 4. The lowest BCUT2D eigenvalue weighted by atomic mass is 9.88. The molecule has 0 bridgehead atoms. The number of esters is 1. The highest BCUT2D eigenvalue weighted by Crippen LogP contribution is 2.34. The van der Waals surface area contributed by atoms with Crippen molar-refractivity contribution in [3.63, 3.8) is 0 Å². The summed E-state index contributed by atoms with van der Waals surface area (Å²) in [7, 11) is 0. The molecule has 0 aromatic heterocycles. The molecule has 7 heteroatoms. The minimum atomic E-state index is -2.93. The minimum absolute atomic E-state index is 0.00912. The van der Waals surface area contributed by atoms with Crippen LogP contribution in [0.25, 0.3) is 0 Å². The average molecular weight is 505 g/mol. The average Bonchev–Trinajstić information content (AvgIpc) is 2.75. The lowest BCUT2D eigenvalue weighted by molar-refractivity contribution is -0.148. The van der Waals surface area contributed by atoms with E-state index in [0.29, 0.717) is 21.5 Å². The molecular formula is C25H23BrF2O4. The highest BCUT2D eigenvalue weighted by molar-refractivity contribution is 9.10. The number of hydrogen-bond donors (Lipinski definition) is 0. The third-order valence-corrected chi connectivity index (χ3v) is 5.33. The fraction of sp³-hybridized carbons (Fsp3) is 0.240. The molecule has 1 unspecified atom stereocenters. The van der Waals surface area contributed by atoms with Crippen LogP contribution in [-0.4, -0.2) is 12.6 Å². The first-order valence-electron chi connectivity index (χ1n) is 10.1. The van der Waals surface area contributed by atoms with Crippen LogP contribution in [0.1, 0.15) is 30.9 Å². The summed E-state index contributed by atoms with van der Waals surface area (Å²) in [5, 5.41) is 0. The Morgan fingerprint density at radius 3 is 2.31 bits per heavy atom. The molecule has 0 aliphatic heterocycles. The first-order chi connectivity index (χ1) is 15.3. The second-order valence-corrected chi connectivity index (χ2v) is 8.31. The molecule has 3 rings (SSSR count). The maximum Gasteiger partial charge on any atom is 0.387 e. The largest absolute Gasteiger partial charge is 0.460 e. The van der Waals surface area contributed by atoms with Gasteiger partial charge in [0.15, 0.2) is 0 Å². The Labute approximate surface area is 194 Å². The Hall–Kier alpha value is -2.93. The van der Waals surface area contributed by atoms with Crippen LogP contribution in [0.3, 0.4) is 0 Å². The van der Waals surface area contributed by atoms with Gasteiger partial charge in [-0.1, -0.05) is 50.2 Å². The van der Waals surface area contributed by atoms with E-state index < -0.39 is 18.5 Å². The third kappa shape index (κ3) is 6.53. The van der Waals surface area contributed by atoms with Gasteiger partial charge >= 0.3 is 12.6 Å². The summed E-state index contributed by atoms with van der Waals surface area (Å²) >= 11 is 3.23. The van der Waals surface area contributed by atoms with Gasteiger partial charge in [-0.3, -0.25) is 4.79 Å². The molecule has 0 spiro atoms. The first kappa shape index (κ1) is 23.7. The van der Waals surface area contributed by atoms with Gasteiger partial charge < -0.3 is 14.2 Å². The molecule has 0 saturated carbocycles. The monoisotopic (exact) mass is 504 g/mol. The second-order valence-electron chi connectivity index (χ2n) is 7.46. The van der Waals surface area contributed by atoms with E-state index >= 15 is 0 Å². The number of carbonyl (C=O) groups is 1. The SMILES string of the molecule is CC(C)C(C(=O)OCc1cccc(Oc2ccccc2)c1)c1ccc(OC(F)F)c(Br)c1. The van der Waals surface area contributed by atoms with Crippen LogP contribution in [-0.2, 0) is 16.1 Å². The van der Waals surface area contributed by atoms with Crippen LogP contribution in [0, 0.1) is 5.92 Å². The summed E-state index contributed by atoms with van der Waals surface area (Å²) in [5.74, 6) is 0.341. The molecule has 0 aliphatic carbocycles. The van der Waals surface area contributed by atoms with Gasteiger partial charge in [0.2, 0.25) is 0 Å². The molecule has 168 valence electrons. The van der Waals surface area contributed by atoms with Gasteiger partial charge in [0, 0.05) is 0 Å². The van der Waals surface area contributed by atoms with Gasteiger partial charge in [-0.05, 0) is 69.4 Å². The van der Waals surface area contributed by atoms with Crippen molar-refractivity contribution in [1.29, 1.82) is 0 Å². The van der Waals surface area contributed by atoms with Crippen molar-refractivity contribution in [2.24, 2.45) is 5.92 Å². The Morgan fingerprint density at radius 1 is 0.938 bits per heavy atom. The normalized spacial score (nSPS) is 12.0. The Morgan fingerprint density at radius 2 is 1.66 bits per heavy atom. The van der Waals surface area contributed by atoms with Crippen molar-refractivity contribution in [2.75, 3.05) is 0 Å². The van der Waals surface area contributed by atoms with Crippen LogP contribution in [0.5, 0.6) is 17.2 Å². The smallest absolute Gasteiger partial charge is 0.387 e. The molecule has 32 heavy (non-hydrogen) atoms. The molecule has 3 aromatic rings.